The van der Waals surface area contributed by atoms with Crippen LogP contribution < -0.4 is 10.1 Å². The van der Waals surface area contributed by atoms with Gasteiger partial charge in [0.05, 0.1) is 10.6 Å². The standard InChI is InChI=1S/C17H15Cl2NO4/c1-9-7-11(17(22)23)3-5-14(9)20-16(21)10(2)24-15-6-4-12(18)8-13(15)19/h3-8,10H,1-2H3,(H,20,21)(H,22,23)/t10-/m1/s1. The van der Waals surface area contributed by atoms with E-state index in [1.807, 2.05) is 0 Å². The molecule has 7 heteroatoms. The van der Waals surface area contributed by atoms with Crippen molar-refractivity contribution < 1.29 is 19.4 Å². The Hall–Kier alpha value is -2.24. The van der Waals surface area contributed by atoms with Gasteiger partial charge in [0.1, 0.15) is 5.75 Å². The predicted molar refractivity (Wildman–Crippen MR) is 93.3 cm³/mol. The summed E-state index contributed by atoms with van der Waals surface area (Å²) in [6, 6.07) is 9.17. The zero-order valence-electron chi connectivity index (χ0n) is 13.0. The fourth-order valence-corrected chi connectivity index (χ4v) is 2.44. The van der Waals surface area contributed by atoms with Crippen LogP contribution in [-0.4, -0.2) is 23.1 Å². The molecule has 126 valence electrons. The summed E-state index contributed by atoms with van der Waals surface area (Å²) >= 11 is 11.8. The van der Waals surface area contributed by atoms with Crippen LogP contribution in [0.3, 0.4) is 0 Å². The Morgan fingerprint density at radius 2 is 1.88 bits per heavy atom. The van der Waals surface area contributed by atoms with Crippen molar-refractivity contribution in [3.05, 3.63) is 57.6 Å². The van der Waals surface area contributed by atoms with Crippen molar-refractivity contribution >= 4 is 40.8 Å². The smallest absolute Gasteiger partial charge is 0.335 e. The molecule has 0 aromatic heterocycles. The summed E-state index contributed by atoms with van der Waals surface area (Å²) in [6.45, 7) is 3.30. The number of carboxylic acid groups (broad SMARTS) is 1. The van der Waals surface area contributed by atoms with E-state index < -0.39 is 12.1 Å². The third-order valence-corrected chi connectivity index (χ3v) is 3.83. The molecule has 0 saturated heterocycles. The van der Waals surface area contributed by atoms with Gasteiger partial charge >= 0.3 is 5.97 Å². The molecule has 0 aliphatic rings. The van der Waals surface area contributed by atoms with Gasteiger partial charge in [0.25, 0.3) is 5.91 Å². The van der Waals surface area contributed by atoms with Crippen molar-refractivity contribution in [2.45, 2.75) is 20.0 Å². The van der Waals surface area contributed by atoms with Crippen LogP contribution in [0.25, 0.3) is 0 Å². The molecule has 0 heterocycles. The van der Waals surface area contributed by atoms with E-state index in [1.165, 1.54) is 18.2 Å². The maximum atomic E-state index is 12.2. The molecule has 1 atom stereocenters. The van der Waals surface area contributed by atoms with E-state index in [-0.39, 0.29) is 11.5 Å². The monoisotopic (exact) mass is 367 g/mol. The Morgan fingerprint density at radius 3 is 2.46 bits per heavy atom. The molecule has 5 nitrogen and oxygen atoms in total. The quantitative estimate of drug-likeness (QED) is 0.820. The molecule has 2 aromatic rings. The topological polar surface area (TPSA) is 75.6 Å². The minimum Gasteiger partial charge on any atom is -0.479 e. The lowest BCUT2D eigenvalue weighted by molar-refractivity contribution is -0.122. The number of benzene rings is 2. The number of carbonyl (C=O) groups is 2. The first-order chi connectivity index (χ1) is 11.3. The van der Waals surface area contributed by atoms with Crippen LogP contribution in [0.1, 0.15) is 22.8 Å². The number of hydrogen-bond acceptors (Lipinski definition) is 3. The number of rotatable bonds is 5. The molecule has 0 fully saturated rings. The summed E-state index contributed by atoms with van der Waals surface area (Å²) < 4.78 is 5.54. The molecule has 2 aromatic carbocycles. The van der Waals surface area contributed by atoms with Crippen LogP contribution in [0, 0.1) is 6.92 Å². The molecule has 2 rings (SSSR count). The molecule has 24 heavy (non-hydrogen) atoms. The summed E-state index contributed by atoms with van der Waals surface area (Å²) in [6.07, 6.45) is -0.803. The van der Waals surface area contributed by atoms with Crippen LogP contribution in [0.5, 0.6) is 5.75 Å². The van der Waals surface area contributed by atoms with E-state index >= 15 is 0 Å². The van der Waals surface area contributed by atoms with E-state index in [2.05, 4.69) is 5.32 Å². The molecule has 0 aliphatic carbocycles. The molecule has 0 unspecified atom stereocenters. The van der Waals surface area contributed by atoms with Gasteiger partial charge in [-0.2, -0.15) is 0 Å². The summed E-state index contributed by atoms with van der Waals surface area (Å²) in [5.74, 6) is -1.06. The Bertz CT molecular complexity index is 792. The van der Waals surface area contributed by atoms with Gasteiger partial charge in [0.15, 0.2) is 6.10 Å². The lowest BCUT2D eigenvalue weighted by Gasteiger charge is -2.16. The number of hydrogen-bond donors (Lipinski definition) is 2. The Labute approximate surface area is 149 Å². The van der Waals surface area contributed by atoms with E-state index in [1.54, 1.807) is 32.0 Å². The SMILES string of the molecule is Cc1cc(C(=O)O)ccc1NC(=O)[C@@H](C)Oc1ccc(Cl)cc1Cl. The van der Waals surface area contributed by atoms with Crippen molar-refractivity contribution in [1.29, 1.82) is 0 Å². The highest BCUT2D eigenvalue weighted by Crippen LogP contribution is 2.28. The Kier molecular flexibility index (Phi) is 5.70. The lowest BCUT2D eigenvalue weighted by Crippen LogP contribution is -2.30. The first kappa shape index (κ1) is 18.1. The number of aromatic carboxylic acids is 1. The van der Waals surface area contributed by atoms with Gasteiger partial charge in [-0.05, 0) is 55.8 Å². The van der Waals surface area contributed by atoms with Crippen molar-refractivity contribution in [2.75, 3.05) is 5.32 Å². The van der Waals surface area contributed by atoms with E-state index in [9.17, 15) is 9.59 Å². The zero-order chi connectivity index (χ0) is 17.9. The molecule has 0 aliphatic heterocycles. The second kappa shape index (κ2) is 7.55. The highest BCUT2D eigenvalue weighted by atomic mass is 35.5. The fraction of sp³-hybridized carbons (Fsp3) is 0.176. The number of ether oxygens (including phenoxy) is 1. The van der Waals surface area contributed by atoms with Crippen molar-refractivity contribution in [3.63, 3.8) is 0 Å². The normalized spacial score (nSPS) is 11.7. The largest absolute Gasteiger partial charge is 0.479 e. The van der Waals surface area contributed by atoms with Crippen LogP contribution in [-0.2, 0) is 4.79 Å². The number of halogens is 2. The predicted octanol–water partition coefficient (Wildman–Crippen LogP) is 4.41. The molecular formula is C17H15Cl2NO4. The minimum atomic E-state index is -1.02. The van der Waals surface area contributed by atoms with E-state index in [0.29, 0.717) is 27.0 Å². The van der Waals surface area contributed by atoms with Crippen molar-refractivity contribution in [3.8, 4) is 5.75 Å². The first-order valence-corrected chi connectivity index (χ1v) is 7.80. The fourth-order valence-electron chi connectivity index (χ4n) is 1.99. The number of carboxylic acids is 1. The highest BCUT2D eigenvalue weighted by Gasteiger charge is 2.17. The Morgan fingerprint density at radius 1 is 1.17 bits per heavy atom. The summed E-state index contributed by atoms with van der Waals surface area (Å²) in [5.41, 5.74) is 1.31. The maximum absolute atomic E-state index is 12.2. The summed E-state index contributed by atoms with van der Waals surface area (Å²) in [4.78, 5) is 23.2. The second-order valence-corrected chi connectivity index (χ2v) is 6.00. The van der Waals surface area contributed by atoms with Crippen LogP contribution in [0.4, 0.5) is 5.69 Å². The van der Waals surface area contributed by atoms with Crippen LogP contribution >= 0.6 is 23.2 Å². The van der Waals surface area contributed by atoms with Crippen molar-refractivity contribution in [1.82, 2.24) is 0 Å². The number of aryl methyl sites for hydroxylation is 1. The first-order valence-electron chi connectivity index (χ1n) is 7.04. The summed E-state index contributed by atoms with van der Waals surface area (Å²) in [5, 5.41) is 12.4. The summed E-state index contributed by atoms with van der Waals surface area (Å²) in [7, 11) is 0. The third kappa shape index (κ3) is 4.40. The zero-order valence-corrected chi connectivity index (χ0v) is 14.5. The van der Waals surface area contributed by atoms with Gasteiger partial charge in [0.2, 0.25) is 0 Å². The van der Waals surface area contributed by atoms with Gasteiger partial charge < -0.3 is 15.2 Å². The Balaban J connectivity index is 2.07. The van der Waals surface area contributed by atoms with Gasteiger partial charge in [-0.15, -0.1) is 0 Å². The van der Waals surface area contributed by atoms with E-state index in [0.717, 1.165) is 0 Å². The third-order valence-electron chi connectivity index (χ3n) is 3.30. The van der Waals surface area contributed by atoms with Gasteiger partial charge in [0, 0.05) is 10.7 Å². The lowest BCUT2D eigenvalue weighted by atomic mass is 10.1. The molecule has 0 bridgehead atoms. The molecule has 0 radical (unpaired) electrons. The van der Waals surface area contributed by atoms with Crippen LogP contribution in [0.15, 0.2) is 36.4 Å². The molecule has 2 N–H and O–H groups in total. The minimum absolute atomic E-state index is 0.155. The second-order valence-electron chi connectivity index (χ2n) is 5.16. The average molecular weight is 368 g/mol. The van der Waals surface area contributed by atoms with Gasteiger partial charge in [-0.25, -0.2) is 4.79 Å². The molecular weight excluding hydrogens is 353 g/mol. The average Bonchev–Trinajstić information content (AvgIpc) is 2.51. The van der Waals surface area contributed by atoms with Crippen LogP contribution in [0.2, 0.25) is 10.0 Å². The highest BCUT2D eigenvalue weighted by molar-refractivity contribution is 6.35. The number of carbonyl (C=O) groups excluding carboxylic acids is 1. The number of anilines is 1. The number of nitrogens with one attached hydrogen (secondary N) is 1. The molecule has 0 spiro atoms. The van der Waals surface area contributed by atoms with Crippen molar-refractivity contribution in [2.24, 2.45) is 0 Å². The number of amides is 1. The molecule has 1 amide bonds. The van der Waals surface area contributed by atoms with Gasteiger partial charge in [-0.3, -0.25) is 4.79 Å². The van der Waals surface area contributed by atoms with Gasteiger partial charge in [-0.1, -0.05) is 23.2 Å². The maximum Gasteiger partial charge on any atom is 0.335 e. The van der Waals surface area contributed by atoms with E-state index in [4.69, 9.17) is 33.0 Å². The molecule has 0 saturated carbocycles.